The van der Waals surface area contributed by atoms with E-state index in [1.165, 1.54) is 5.69 Å². The molecule has 1 aliphatic rings. The second-order valence-electron chi connectivity index (χ2n) is 5.72. The van der Waals surface area contributed by atoms with Crippen molar-refractivity contribution in [2.45, 2.75) is 52.3 Å². The van der Waals surface area contributed by atoms with Gasteiger partial charge in [-0.15, -0.1) is 11.3 Å². The average Bonchev–Trinajstić information content (AvgIpc) is 2.84. The van der Waals surface area contributed by atoms with Crippen LogP contribution in [-0.4, -0.2) is 54.3 Å². The van der Waals surface area contributed by atoms with Crippen molar-refractivity contribution in [3.8, 4) is 0 Å². The largest absolute Gasteiger partial charge is 0.374 e. The second-order valence-corrected chi connectivity index (χ2v) is 6.79. The molecule has 1 aromatic rings. The predicted octanol–water partition coefficient (Wildman–Crippen LogP) is 2.08. The van der Waals surface area contributed by atoms with Crippen LogP contribution in [0.15, 0.2) is 5.38 Å². The van der Waals surface area contributed by atoms with Gasteiger partial charge in [-0.3, -0.25) is 4.90 Å². The lowest BCUT2D eigenvalue weighted by Gasteiger charge is -2.39. The van der Waals surface area contributed by atoms with Crippen molar-refractivity contribution in [1.82, 2.24) is 15.2 Å². The fourth-order valence-corrected chi connectivity index (χ4v) is 3.36. The normalized spacial score (nSPS) is 22.4. The van der Waals surface area contributed by atoms with Gasteiger partial charge in [-0.05, 0) is 27.3 Å². The molecular formula is C15H27N3OS. The maximum Gasteiger partial charge on any atom is 0.0897 e. The smallest absolute Gasteiger partial charge is 0.0897 e. The molecule has 2 atom stereocenters. The highest BCUT2D eigenvalue weighted by Gasteiger charge is 2.29. The molecular weight excluding hydrogens is 270 g/mol. The summed E-state index contributed by atoms with van der Waals surface area (Å²) in [6, 6.07) is 0.938. The van der Waals surface area contributed by atoms with Crippen LogP contribution in [0.4, 0.5) is 0 Å². The van der Waals surface area contributed by atoms with E-state index in [-0.39, 0.29) is 6.10 Å². The number of aromatic nitrogens is 1. The van der Waals surface area contributed by atoms with Crippen molar-refractivity contribution in [2.24, 2.45) is 0 Å². The molecule has 0 radical (unpaired) electrons. The molecule has 4 nitrogen and oxygen atoms in total. The molecule has 5 heteroatoms. The third kappa shape index (κ3) is 4.25. The highest BCUT2D eigenvalue weighted by Crippen LogP contribution is 2.16. The van der Waals surface area contributed by atoms with Gasteiger partial charge in [0.1, 0.15) is 0 Å². The van der Waals surface area contributed by atoms with E-state index >= 15 is 0 Å². The molecule has 1 saturated heterocycles. The number of rotatable bonds is 6. The van der Waals surface area contributed by atoms with Crippen LogP contribution in [0.3, 0.4) is 0 Å². The van der Waals surface area contributed by atoms with E-state index in [1.807, 2.05) is 0 Å². The highest BCUT2D eigenvalue weighted by atomic mass is 32.1. The van der Waals surface area contributed by atoms with Gasteiger partial charge < -0.3 is 10.1 Å². The van der Waals surface area contributed by atoms with Crippen molar-refractivity contribution >= 4 is 11.3 Å². The lowest BCUT2D eigenvalue weighted by atomic mass is 10.0. The number of nitrogens with one attached hydrogen (secondary N) is 1. The highest BCUT2D eigenvalue weighted by molar-refractivity contribution is 7.09. The molecule has 0 aliphatic carbocycles. The third-order valence-electron chi connectivity index (χ3n) is 3.87. The van der Waals surface area contributed by atoms with E-state index in [0.717, 1.165) is 37.7 Å². The summed E-state index contributed by atoms with van der Waals surface area (Å²) in [7, 11) is 0. The van der Waals surface area contributed by atoms with Gasteiger partial charge in [-0.2, -0.15) is 0 Å². The zero-order valence-electron chi connectivity index (χ0n) is 13.1. The van der Waals surface area contributed by atoms with Crippen molar-refractivity contribution in [2.75, 3.05) is 26.2 Å². The van der Waals surface area contributed by atoms with Gasteiger partial charge in [-0.1, -0.05) is 6.92 Å². The standard InChI is InChI=1S/C15H27N3OS/c1-5-16-14(8-13-10-20-12(4)17-13)15-9-18(11(2)3)6-7-19-15/h10-11,14-16H,5-9H2,1-4H3. The number of hydrogen-bond acceptors (Lipinski definition) is 5. The second kappa shape index (κ2) is 7.50. The Morgan fingerprint density at radius 3 is 2.95 bits per heavy atom. The van der Waals surface area contributed by atoms with E-state index in [0.29, 0.717) is 12.1 Å². The van der Waals surface area contributed by atoms with Gasteiger partial charge in [0.05, 0.1) is 23.4 Å². The molecule has 2 rings (SSSR count). The molecule has 2 heterocycles. The maximum atomic E-state index is 6.02. The molecule has 114 valence electrons. The number of ether oxygens (including phenoxy) is 1. The molecule has 2 unspecified atom stereocenters. The molecule has 0 saturated carbocycles. The van der Waals surface area contributed by atoms with Crippen LogP contribution >= 0.6 is 11.3 Å². The van der Waals surface area contributed by atoms with E-state index in [9.17, 15) is 0 Å². The zero-order chi connectivity index (χ0) is 14.5. The molecule has 0 aromatic carbocycles. The monoisotopic (exact) mass is 297 g/mol. The van der Waals surface area contributed by atoms with Gasteiger partial charge in [0, 0.05) is 37.0 Å². The summed E-state index contributed by atoms with van der Waals surface area (Å²) in [6.45, 7) is 12.6. The SMILES string of the molecule is CCNC(Cc1csc(C)n1)C1CN(C(C)C)CCO1. The Hall–Kier alpha value is -0.490. The topological polar surface area (TPSA) is 37.4 Å². The van der Waals surface area contributed by atoms with Crippen molar-refractivity contribution in [3.63, 3.8) is 0 Å². The Morgan fingerprint density at radius 2 is 2.35 bits per heavy atom. The Bertz CT molecular complexity index is 408. The third-order valence-corrected chi connectivity index (χ3v) is 4.69. The first kappa shape index (κ1) is 15.9. The Labute approximate surface area is 126 Å². The molecule has 0 amide bonds. The summed E-state index contributed by atoms with van der Waals surface area (Å²) < 4.78 is 6.02. The molecule has 1 aliphatic heterocycles. The van der Waals surface area contributed by atoms with E-state index in [1.54, 1.807) is 11.3 Å². The number of nitrogens with zero attached hydrogens (tertiary/aromatic N) is 2. The number of thiazole rings is 1. The molecule has 1 aromatic heterocycles. The molecule has 20 heavy (non-hydrogen) atoms. The predicted molar refractivity (Wildman–Crippen MR) is 84.5 cm³/mol. The quantitative estimate of drug-likeness (QED) is 0.872. The van der Waals surface area contributed by atoms with Crippen LogP contribution in [-0.2, 0) is 11.2 Å². The van der Waals surface area contributed by atoms with Crippen LogP contribution in [0.25, 0.3) is 0 Å². The van der Waals surface area contributed by atoms with Crippen LogP contribution in [0.1, 0.15) is 31.5 Å². The van der Waals surface area contributed by atoms with Gasteiger partial charge in [0.2, 0.25) is 0 Å². The van der Waals surface area contributed by atoms with Crippen LogP contribution in [0.5, 0.6) is 0 Å². The average molecular weight is 297 g/mol. The lowest BCUT2D eigenvalue weighted by molar-refractivity contribution is -0.0551. The van der Waals surface area contributed by atoms with Crippen LogP contribution in [0.2, 0.25) is 0 Å². The summed E-state index contributed by atoms with van der Waals surface area (Å²) in [5.74, 6) is 0. The Balaban J connectivity index is 1.99. The molecule has 0 bridgehead atoms. The van der Waals surface area contributed by atoms with E-state index in [2.05, 4.69) is 48.3 Å². The first-order chi connectivity index (χ1) is 9.60. The zero-order valence-corrected chi connectivity index (χ0v) is 13.9. The van der Waals surface area contributed by atoms with Gasteiger partial charge in [0.25, 0.3) is 0 Å². The first-order valence-electron chi connectivity index (χ1n) is 7.60. The minimum atomic E-state index is 0.258. The number of morpholine rings is 1. The number of aryl methyl sites for hydroxylation is 1. The first-order valence-corrected chi connectivity index (χ1v) is 8.48. The van der Waals surface area contributed by atoms with E-state index < -0.39 is 0 Å². The summed E-state index contributed by atoms with van der Waals surface area (Å²) in [5, 5.41) is 6.89. The molecule has 1 fully saturated rings. The summed E-state index contributed by atoms with van der Waals surface area (Å²) >= 11 is 1.73. The van der Waals surface area contributed by atoms with Gasteiger partial charge in [0.15, 0.2) is 0 Å². The van der Waals surface area contributed by atoms with Crippen molar-refractivity contribution in [3.05, 3.63) is 16.1 Å². The van der Waals surface area contributed by atoms with Crippen molar-refractivity contribution in [1.29, 1.82) is 0 Å². The summed E-state index contributed by atoms with van der Waals surface area (Å²) in [6.07, 6.45) is 1.21. The molecule has 1 N–H and O–H groups in total. The maximum absolute atomic E-state index is 6.02. The lowest BCUT2D eigenvalue weighted by Crippen LogP contribution is -2.54. The number of likely N-dealkylation sites (N-methyl/N-ethyl adjacent to an activating group) is 1. The van der Waals surface area contributed by atoms with Gasteiger partial charge in [-0.25, -0.2) is 4.98 Å². The molecule has 0 spiro atoms. The van der Waals surface area contributed by atoms with Gasteiger partial charge >= 0.3 is 0 Å². The minimum absolute atomic E-state index is 0.258. The van der Waals surface area contributed by atoms with Crippen LogP contribution in [0, 0.1) is 6.92 Å². The van der Waals surface area contributed by atoms with E-state index in [4.69, 9.17) is 4.74 Å². The summed E-state index contributed by atoms with van der Waals surface area (Å²) in [5.41, 5.74) is 1.18. The van der Waals surface area contributed by atoms with Crippen LogP contribution < -0.4 is 5.32 Å². The fourth-order valence-electron chi connectivity index (χ4n) is 2.73. The summed E-state index contributed by atoms with van der Waals surface area (Å²) in [4.78, 5) is 7.10. The Morgan fingerprint density at radius 1 is 1.55 bits per heavy atom. The Kier molecular flexibility index (Phi) is 5.96. The fraction of sp³-hybridized carbons (Fsp3) is 0.800. The minimum Gasteiger partial charge on any atom is -0.374 e. The van der Waals surface area contributed by atoms with Crippen molar-refractivity contribution < 1.29 is 4.74 Å². The number of hydrogen-bond donors (Lipinski definition) is 1.